The van der Waals surface area contributed by atoms with Gasteiger partial charge in [-0.15, -0.1) is 0 Å². The molecule has 1 aromatic rings. The standard InChI is InChI=1S/C17H25ClN2O/c1-3-6-13(2)11-17(21)20-10-9-19-12-16(20)14-7-4-5-8-15(14)18/h4-5,7-8,13,16,19H,3,6,9-12H2,1-2H3. The number of piperazine rings is 1. The van der Waals surface area contributed by atoms with Crippen molar-refractivity contribution in [2.24, 2.45) is 5.92 Å². The van der Waals surface area contributed by atoms with Crippen LogP contribution in [0.5, 0.6) is 0 Å². The van der Waals surface area contributed by atoms with Crippen molar-refractivity contribution in [2.45, 2.75) is 39.2 Å². The molecule has 0 aliphatic carbocycles. The third kappa shape index (κ3) is 4.21. The van der Waals surface area contributed by atoms with E-state index >= 15 is 0 Å². The molecule has 0 radical (unpaired) electrons. The third-order valence-electron chi connectivity index (χ3n) is 4.13. The van der Waals surface area contributed by atoms with E-state index in [1.54, 1.807) is 0 Å². The van der Waals surface area contributed by atoms with E-state index in [2.05, 4.69) is 19.2 Å². The summed E-state index contributed by atoms with van der Waals surface area (Å²) in [5.41, 5.74) is 1.04. The van der Waals surface area contributed by atoms with Gasteiger partial charge in [-0.05, 0) is 17.5 Å². The minimum atomic E-state index is 0.0498. The molecular formula is C17H25ClN2O. The summed E-state index contributed by atoms with van der Waals surface area (Å²) in [6.45, 7) is 6.71. The van der Waals surface area contributed by atoms with Gasteiger partial charge < -0.3 is 10.2 Å². The highest BCUT2D eigenvalue weighted by molar-refractivity contribution is 6.31. The smallest absolute Gasteiger partial charge is 0.223 e. The topological polar surface area (TPSA) is 32.3 Å². The highest BCUT2D eigenvalue weighted by Crippen LogP contribution is 2.29. The van der Waals surface area contributed by atoms with Gasteiger partial charge in [0.2, 0.25) is 5.91 Å². The molecule has 4 heteroatoms. The van der Waals surface area contributed by atoms with Crippen LogP contribution in [-0.2, 0) is 4.79 Å². The highest BCUT2D eigenvalue weighted by atomic mass is 35.5. The number of amides is 1. The van der Waals surface area contributed by atoms with Gasteiger partial charge in [0.15, 0.2) is 0 Å². The zero-order valence-electron chi connectivity index (χ0n) is 12.9. The second kappa shape index (κ2) is 7.81. The van der Waals surface area contributed by atoms with Crippen LogP contribution in [0.1, 0.15) is 44.7 Å². The Morgan fingerprint density at radius 1 is 1.48 bits per heavy atom. The lowest BCUT2D eigenvalue weighted by Gasteiger charge is -2.37. The van der Waals surface area contributed by atoms with Gasteiger partial charge in [0, 0.05) is 31.1 Å². The second-order valence-corrected chi connectivity index (χ2v) is 6.33. The SMILES string of the molecule is CCCC(C)CC(=O)N1CCNCC1c1ccccc1Cl. The maximum Gasteiger partial charge on any atom is 0.223 e. The monoisotopic (exact) mass is 308 g/mol. The number of hydrogen-bond donors (Lipinski definition) is 1. The first-order valence-corrected chi connectivity index (χ1v) is 8.25. The van der Waals surface area contributed by atoms with Gasteiger partial charge >= 0.3 is 0 Å². The number of hydrogen-bond acceptors (Lipinski definition) is 2. The average Bonchev–Trinajstić information content (AvgIpc) is 2.48. The molecule has 1 fully saturated rings. The fraction of sp³-hybridized carbons (Fsp3) is 0.588. The predicted octanol–water partition coefficient (Wildman–Crippen LogP) is 3.64. The molecule has 1 saturated heterocycles. The summed E-state index contributed by atoms with van der Waals surface area (Å²) in [4.78, 5) is 14.6. The Kier molecular flexibility index (Phi) is 6.07. The first kappa shape index (κ1) is 16.3. The zero-order valence-corrected chi connectivity index (χ0v) is 13.7. The van der Waals surface area contributed by atoms with Gasteiger partial charge in [0.1, 0.15) is 0 Å². The van der Waals surface area contributed by atoms with E-state index in [0.29, 0.717) is 12.3 Å². The number of halogens is 1. The van der Waals surface area contributed by atoms with Crippen molar-refractivity contribution in [1.29, 1.82) is 0 Å². The molecule has 1 amide bonds. The van der Waals surface area contributed by atoms with Crippen molar-refractivity contribution < 1.29 is 4.79 Å². The van der Waals surface area contributed by atoms with Gasteiger partial charge in [0.25, 0.3) is 0 Å². The van der Waals surface area contributed by atoms with Gasteiger partial charge in [-0.3, -0.25) is 4.79 Å². The number of nitrogens with zero attached hydrogens (tertiary/aromatic N) is 1. The van der Waals surface area contributed by atoms with Gasteiger partial charge in [-0.25, -0.2) is 0 Å². The number of rotatable bonds is 5. The van der Waals surface area contributed by atoms with Crippen LogP contribution in [0.2, 0.25) is 5.02 Å². The molecule has 21 heavy (non-hydrogen) atoms. The van der Waals surface area contributed by atoms with Crippen molar-refractivity contribution in [3.05, 3.63) is 34.9 Å². The van der Waals surface area contributed by atoms with Crippen molar-refractivity contribution >= 4 is 17.5 Å². The quantitative estimate of drug-likeness (QED) is 0.900. The van der Waals surface area contributed by atoms with Crippen LogP contribution in [0, 0.1) is 5.92 Å². The predicted molar refractivity (Wildman–Crippen MR) is 87.5 cm³/mol. The highest BCUT2D eigenvalue weighted by Gasteiger charge is 2.29. The Morgan fingerprint density at radius 2 is 2.24 bits per heavy atom. The maximum absolute atomic E-state index is 12.6. The van der Waals surface area contributed by atoms with Crippen LogP contribution in [0.4, 0.5) is 0 Å². The normalized spacial score (nSPS) is 20.3. The van der Waals surface area contributed by atoms with Crippen molar-refractivity contribution in [1.82, 2.24) is 10.2 Å². The Labute approximate surface area is 132 Å². The van der Waals surface area contributed by atoms with Crippen molar-refractivity contribution in [2.75, 3.05) is 19.6 Å². The van der Waals surface area contributed by atoms with E-state index in [-0.39, 0.29) is 11.9 Å². The minimum absolute atomic E-state index is 0.0498. The number of carbonyl (C=O) groups excluding carboxylic acids is 1. The van der Waals surface area contributed by atoms with Gasteiger partial charge in [-0.1, -0.05) is 56.5 Å². The molecule has 2 atom stereocenters. The van der Waals surface area contributed by atoms with Crippen LogP contribution < -0.4 is 5.32 Å². The van der Waals surface area contributed by atoms with Crippen molar-refractivity contribution in [3.63, 3.8) is 0 Å². The lowest BCUT2D eigenvalue weighted by molar-refractivity contribution is -0.135. The fourth-order valence-corrected chi connectivity index (χ4v) is 3.30. The Hall–Kier alpha value is -1.06. The number of benzene rings is 1. The van der Waals surface area contributed by atoms with E-state index in [1.165, 1.54) is 0 Å². The first-order chi connectivity index (χ1) is 10.1. The summed E-state index contributed by atoms with van der Waals surface area (Å²) in [5, 5.41) is 4.11. The molecule has 0 aromatic heterocycles. The molecule has 1 N–H and O–H groups in total. The lowest BCUT2D eigenvalue weighted by atomic mass is 9.98. The molecule has 1 aliphatic rings. The van der Waals surface area contributed by atoms with Crippen LogP contribution in [0.25, 0.3) is 0 Å². The van der Waals surface area contributed by atoms with Crippen LogP contribution in [-0.4, -0.2) is 30.4 Å². The van der Waals surface area contributed by atoms with Crippen LogP contribution in [0.15, 0.2) is 24.3 Å². The first-order valence-electron chi connectivity index (χ1n) is 7.88. The van der Waals surface area contributed by atoms with E-state index in [0.717, 1.165) is 43.1 Å². The fourth-order valence-electron chi connectivity index (χ4n) is 3.04. The molecule has 0 spiro atoms. The maximum atomic E-state index is 12.6. The van der Waals surface area contributed by atoms with E-state index in [1.807, 2.05) is 29.2 Å². The summed E-state index contributed by atoms with van der Waals surface area (Å²) in [6.07, 6.45) is 2.87. The molecule has 3 nitrogen and oxygen atoms in total. The van der Waals surface area contributed by atoms with Crippen molar-refractivity contribution in [3.8, 4) is 0 Å². The molecule has 1 heterocycles. The second-order valence-electron chi connectivity index (χ2n) is 5.93. The Balaban J connectivity index is 2.12. The lowest BCUT2D eigenvalue weighted by Crippen LogP contribution is -2.49. The van der Waals surface area contributed by atoms with Crippen LogP contribution >= 0.6 is 11.6 Å². The summed E-state index contributed by atoms with van der Waals surface area (Å²) < 4.78 is 0. The average molecular weight is 309 g/mol. The molecule has 1 aliphatic heterocycles. The van der Waals surface area contributed by atoms with Gasteiger partial charge in [0.05, 0.1) is 6.04 Å². The van der Waals surface area contributed by atoms with Crippen LogP contribution in [0.3, 0.4) is 0 Å². The zero-order chi connectivity index (χ0) is 15.2. The molecule has 2 rings (SSSR count). The molecule has 116 valence electrons. The third-order valence-corrected chi connectivity index (χ3v) is 4.48. The summed E-state index contributed by atoms with van der Waals surface area (Å²) >= 11 is 6.32. The minimum Gasteiger partial charge on any atom is -0.333 e. The molecular weight excluding hydrogens is 284 g/mol. The Morgan fingerprint density at radius 3 is 2.95 bits per heavy atom. The molecule has 2 unspecified atom stereocenters. The largest absolute Gasteiger partial charge is 0.333 e. The Bertz CT molecular complexity index is 478. The van der Waals surface area contributed by atoms with E-state index in [4.69, 9.17) is 11.6 Å². The molecule has 1 aromatic carbocycles. The summed E-state index contributed by atoms with van der Waals surface area (Å²) in [6, 6.07) is 7.88. The summed E-state index contributed by atoms with van der Waals surface area (Å²) in [5.74, 6) is 0.701. The number of carbonyl (C=O) groups is 1. The van der Waals surface area contributed by atoms with E-state index in [9.17, 15) is 4.79 Å². The van der Waals surface area contributed by atoms with Gasteiger partial charge in [-0.2, -0.15) is 0 Å². The number of nitrogens with one attached hydrogen (secondary N) is 1. The van der Waals surface area contributed by atoms with E-state index < -0.39 is 0 Å². The summed E-state index contributed by atoms with van der Waals surface area (Å²) in [7, 11) is 0. The molecule has 0 saturated carbocycles. The molecule has 0 bridgehead atoms.